The van der Waals surface area contributed by atoms with Gasteiger partial charge in [-0.15, -0.1) is 21.5 Å². The Morgan fingerprint density at radius 3 is 2.67 bits per heavy atom. The van der Waals surface area contributed by atoms with E-state index >= 15 is 0 Å². The first-order valence-electron chi connectivity index (χ1n) is 9.18. The highest BCUT2D eigenvalue weighted by Crippen LogP contribution is 2.29. The molecule has 7 heteroatoms. The van der Waals surface area contributed by atoms with Crippen molar-refractivity contribution in [3.05, 3.63) is 53.7 Å². The number of anilines is 1. The average Bonchev–Trinajstić information content (AvgIpc) is 3.40. The Hall–Kier alpha value is -2.51. The minimum atomic E-state index is 0.0398. The summed E-state index contributed by atoms with van der Waals surface area (Å²) in [5.41, 5.74) is 0.852. The number of carbonyl (C=O) groups excluding carboxylic acids is 1. The normalized spacial score (nSPS) is 16.9. The van der Waals surface area contributed by atoms with Gasteiger partial charge >= 0.3 is 0 Å². The van der Waals surface area contributed by atoms with Crippen LogP contribution in [0.4, 0.5) is 5.69 Å². The van der Waals surface area contributed by atoms with Gasteiger partial charge in [0.05, 0.1) is 10.9 Å². The van der Waals surface area contributed by atoms with Gasteiger partial charge in [-0.05, 0) is 56.4 Å². The molecule has 140 valence electrons. The molecule has 2 aromatic heterocycles. The Morgan fingerprint density at radius 2 is 1.96 bits per heavy atom. The lowest BCUT2D eigenvalue weighted by Gasteiger charge is -2.33. The molecule has 0 aliphatic carbocycles. The third-order valence-electron chi connectivity index (χ3n) is 5.02. The van der Waals surface area contributed by atoms with E-state index in [-0.39, 0.29) is 17.9 Å². The lowest BCUT2D eigenvalue weighted by molar-refractivity contribution is -0.121. The summed E-state index contributed by atoms with van der Waals surface area (Å²) in [7, 11) is 0. The van der Waals surface area contributed by atoms with E-state index in [2.05, 4.69) is 27.3 Å². The topological polar surface area (TPSA) is 71.3 Å². The molecule has 1 aromatic carbocycles. The Balaban J connectivity index is 1.33. The number of nitrogens with one attached hydrogen (secondary N) is 1. The number of likely N-dealkylation sites (tertiary alicyclic amines) is 1. The van der Waals surface area contributed by atoms with Crippen LogP contribution in [0, 0.1) is 5.92 Å². The summed E-state index contributed by atoms with van der Waals surface area (Å²) in [6, 6.07) is 13.6. The number of hydrogen-bond acceptors (Lipinski definition) is 6. The number of rotatable bonds is 5. The van der Waals surface area contributed by atoms with E-state index in [0.29, 0.717) is 11.8 Å². The number of nitrogens with zero attached hydrogens (tertiary/aromatic N) is 3. The van der Waals surface area contributed by atoms with Crippen molar-refractivity contribution in [3.63, 3.8) is 0 Å². The van der Waals surface area contributed by atoms with Crippen molar-refractivity contribution < 1.29 is 9.21 Å². The fraction of sp³-hybridized carbons (Fsp3) is 0.350. The largest absolute Gasteiger partial charge is 0.418 e. The van der Waals surface area contributed by atoms with Crippen LogP contribution in [0.25, 0.3) is 10.8 Å². The van der Waals surface area contributed by atoms with E-state index in [1.165, 1.54) is 0 Å². The molecular formula is C20H22N4O2S. The van der Waals surface area contributed by atoms with Gasteiger partial charge in [-0.2, -0.15) is 0 Å². The molecule has 3 heterocycles. The van der Waals surface area contributed by atoms with E-state index < -0.39 is 0 Å². The smallest absolute Gasteiger partial charge is 0.257 e. The van der Waals surface area contributed by atoms with Crippen molar-refractivity contribution in [1.82, 2.24) is 15.1 Å². The van der Waals surface area contributed by atoms with Gasteiger partial charge in [-0.25, -0.2) is 0 Å². The predicted octanol–water partition coefficient (Wildman–Crippen LogP) is 4.21. The monoisotopic (exact) mass is 382 g/mol. The van der Waals surface area contributed by atoms with Crippen LogP contribution >= 0.6 is 11.3 Å². The van der Waals surface area contributed by atoms with Gasteiger partial charge in [0.25, 0.3) is 5.89 Å². The second-order valence-corrected chi connectivity index (χ2v) is 7.71. The van der Waals surface area contributed by atoms with Crippen LogP contribution < -0.4 is 5.32 Å². The zero-order valence-electron chi connectivity index (χ0n) is 15.2. The first-order valence-corrected chi connectivity index (χ1v) is 10.1. The third-order valence-corrected chi connectivity index (χ3v) is 5.88. The van der Waals surface area contributed by atoms with Crippen LogP contribution in [0.1, 0.15) is 31.7 Å². The van der Waals surface area contributed by atoms with E-state index in [0.717, 1.165) is 36.5 Å². The lowest BCUT2D eigenvalue weighted by Crippen LogP contribution is -2.39. The number of thiophene rings is 1. The standard InChI is InChI=1S/C20H22N4O2S/c1-14(19-22-23-20(26-19)17-8-5-13-27-17)24-11-9-15(10-12-24)18(25)21-16-6-3-2-4-7-16/h2-8,13-15H,9-12H2,1H3,(H,21,25)/t14-/m0/s1. The van der Waals surface area contributed by atoms with Crippen molar-refractivity contribution in [3.8, 4) is 10.8 Å². The molecular weight excluding hydrogens is 360 g/mol. The number of benzene rings is 1. The maximum Gasteiger partial charge on any atom is 0.257 e. The highest BCUT2D eigenvalue weighted by molar-refractivity contribution is 7.13. The van der Waals surface area contributed by atoms with Crippen LogP contribution in [0.2, 0.25) is 0 Å². The quantitative estimate of drug-likeness (QED) is 0.716. The van der Waals surface area contributed by atoms with Crippen molar-refractivity contribution in [2.24, 2.45) is 5.92 Å². The Labute approximate surface area is 162 Å². The molecule has 1 amide bonds. The molecule has 1 aliphatic rings. The molecule has 1 atom stereocenters. The second-order valence-electron chi connectivity index (χ2n) is 6.76. The lowest BCUT2D eigenvalue weighted by atomic mass is 9.95. The Morgan fingerprint density at radius 1 is 1.19 bits per heavy atom. The van der Waals surface area contributed by atoms with Gasteiger partial charge in [0.1, 0.15) is 0 Å². The summed E-state index contributed by atoms with van der Waals surface area (Å²) in [4.78, 5) is 15.8. The van der Waals surface area contributed by atoms with Crippen LogP contribution in [0.5, 0.6) is 0 Å². The molecule has 0 bridgehead atoms. The SMILES string of the molecule is C[C@@H](c1nnc(-c2cccs2)o1)N1CCC(C(=O)Nc2ccccc2)CC1. The van der Waals surface area contributed by atoms with E-state index in [4.69, 9.17) is 4.42 Å². The van der Waals surface area contributed by atoms with Gasteiger partial charge in [0, 0.05) is 11.6 Å². The molecule has 1 saturated heterocycles. The maximum atomic E-state index is 12.5. The number of hydrogen-bond donors (Lipinski definition) is 1. The molecule has 0 spiro atoms. The van der Waals surface area contributed by atoms with Crippen LogP contribution in [0.3, 0.4) is 0 Å². The number of carbonyl (C=O) groups is 1. The Bertz CT molecular complexity index is 871. The van der Waals surface area contributed by atoms with E-state index in [1.807, 2.05) is 47.8 Å². The van der Waals surface area contributed by atoms with E-state index in [1.54, 1.807) is 11.3 Å². The minimum Gasteiger partial charge on any atom is -0.418 e. The fourth-order valence-electron chi connectivity index (χ4n) is 3.37. The summed E-state index contributed by atoms with van der Waals surface area (Å²) in [5.74, 6) is 1.35. The first-order chi connectivity index (χ1) is 13.2. The first kappa shape index (κ1) is 17.9. The Kier molecular flexibility index (Phi) is 5.31. The number of amides is 1. The summed E-state index contributed by atoms with van der Waals surface area (Å²) < 4.78 is 5.86. The van der Waals surface area contributed by atoms with Crippen molar-refractivity contribution in [1.29, 1.82) is 0 Å². The summed E-state index contributed by atoms with van der Waals surface area (Å²) in [6.07, 6.45) is 1.66. The van der Waals surface area contributed by atoms with Gasteiger partial charge in [0.2, 0.25) is 11.8 Å². The molecule has 1 aliphatic heterocycles. The molecule has 1 fully saturated rings. The average molecular weight is 382 g/mol. The van der Waals surface area contributed by atoms with E-state index in [9.17, 15) is 4.79 Å². The summed E-state index contributed by atoms with van der Waals surface area (Å²) in [5, 5.41) is 13.4. The number of aromatic nitrogens is 2. The highest BCUT2D eigenvalue weighted by Gasteiger charge is 2.30. The molecule has 3 aromatic rings. The minimum absolute atomic E-state index is 0.0398. The molecule has 27 heavy (non-hydrogen) atoms. The van der Waals surface area contributed by atoms with Crippen LogP contribution in [-0.2, 0) is 4.79 Å². The van der Waals surface area contributed by atoms with Crippen LogP contribution in [-0.4, -0.2) is 34.1 Å². The zero-order chi connectivity index (χ0) is 18.6. The van der Waals surface area contributed by atoms with Gasteiger partial charge in [0.15, 0.2) is 0 Å². The summed E-state index contributed by atoms with van der Waals surface area (Å²) in [6.45, 7) is 3.76. The molecule has 1 N–H and O–H groups in total. The van der Waals surface area contributed by atoms with Crippen molar-refractivity contribution >= 4 is 22.9 Å². The fourth-order valence-corrected chi connectivity index (χ4v) is 4.02. The van der Waals surface area contributed by atoms with Gasteiger partial charge in [-0.3, -0.25) is 9.69 Å². The molecule has 4 rings (SSSR count). The number of para-hydroxylation sites is 1. The van der Waals surface area contributed by atoms with Gasteiger partial charge in [-0.1, -0.05) is 24.3 Å². The van der Waals surface area contributed by atoms with Crippen LogP contribution in [0.15, 0.2) is 52.3 Å². The van der Waals surface area contributed by atoms with Crippen molar-refractivity contribution in [2.45, 2.75) is 25.8 Å². The number of piperidine rings is 1. The molecule has 0 radical (unpaired) electrons. The molecule has 6 nitrogen and oxygen atoms in total. The maximum absolute atomic E-state index is 12.5. The zero-order valence-corrected chi connectivity index (χ0v) is 16.0. The second kappa shape index (κ2) is 8.02. The third kappa shape index (κ3) is 4.09. The summed E-state index contributed by atoms with van der Waals surface area (Å²) >= 11 is 1.59. The van der Waals surface area contributed by atoms with Gasteiger partial charge < -0.3 is 9.73 Å². The molecule has 0 unspecified atom stereocenters. The predicted molar refractivity (Wildman–Crippen MR) is 105 cm³/mol. The molecule has 0 saturated carbocycles. The van der Waals surface area contributed by atoms with Crippen molar-refractivity contribution in [2.75, 3.05) is 18.4 Å². The highest BCUT2D eigenvalue weighted by atomic mass is 32.1.